The molecule has 7 nitrogen and oxygen atoms in total. The molecule has 10 heteroatoms. The number of hydrogen-bond acceptors (Lipinski definition) is 5. The fourth-order valence-corrected chi connectivity index (χ4v) is 5.77. The van der Waals surface area contributed by atoms with Gasteiger partial charge >= 0.3 is 0 Å². The fourth-order valence-electron chi connectivity index (χ4n) is 3.80. The summed E-state index contributed by atoms with van der Waals surface area (Å²) in [5.74, 6) is 0.283. The first-order valence-corrected chi connectivity index (χ1v) is 12.9. The molecule has 0 spiro atoms. The molecule has 0 N–H and O–H groups in total. The van der Waals surface area contributed by atoms with Gasteiger partial charge < -0.3 is 9.64 Å². The quantitative estimate of drug-likeness (QED) is 0.457. The number of amides is 1. The van der Waals surface area contributed by atoms with Crippen molar-refractivity contribution >= 4 is 39.1 Å². The molecule has 180 valence electrons. The van der Waals surface area contributed by atoms with Gasteiger partial charge in [-0.1, -0.05) is 23.2 Å². The minimum Gasteiger partial charge on any atom is -0.456 e. The van der Waals surface area contributed by atoms with Gasteiger partial charge in [0.05, 0.1) is 11.6 Å². The number of nitriles is 1. The normalized spacial score (nSPS) is 14.4. The molecule has 1 aliphatic heterocycles. The van der Waals surface area contributed by atoms with Crippen LogP contribution in [0.15, 0.2) is 65.6 Å². The number of carbonyl (C=O) groups excluding carboxylic acids is 1. The summed E-state index contributed by atoms with van der Waals surface area (Å²) in [4.78, 5) is 14.3. The van der Waals surface area contributed by atoms with Crippen molar-refractivity contribution in [1.29, 1.82) is 5.26 Å². The van der Waals surface area contributed by atoms with Crippen molar-refractivity contribution in [2.24, 2.45) is 0 Å². The van der Waals surface area contributed by atoms with E-state index < -0.39 is 10.0 Å². The highest BCUT2D eigenvalue weighted by molar-refractivity contribution is 7.89. The summed E-state index contributed by atoms with van der Waals surface area (Å²) in [6.07, 6.45) is 0. The lowest BCUT2D eigenvalue weighted by Crippen LogP contribution is -2.50. The minimum atomic E-state index is -4.02. The maximum atomic E-state index is 13.6. The highest BCUT2D eigenvalue weighted by Crippen LogP contribution is 2.33. The summed E-state index contributed by atoms with van der Waals surface area (Å²) >= 11 is 12.0. The van der Waals surface area contributed by atoms with Gasteiger partial charge in [-0.25, -0.2) is 8.42 Å². The second-order valence-corrected chi connectivity index (χ2v) is 10.8. The van der Waals surface area contributed by atoms with Crippen molar-refractivity contribution in [3.05, 3.63) is 87.4 Å². The standard InChI is InChI=1S/C25H21Cl2N3O4S/c1-17-12-21(27)15-22(13-17)34-23-7-2-18(16-28)14-24(23)35(32,33)30-10-8-29(9-11-30)25(31)19-3-5-20(26)6-4-19/h2-7,12-15H,8-11H2,1H3. The molecule has 1 amide bonds. The first kappa shape index (κ1) is 25.0. The SMILES string of the molecule is Cc1cc(Cl)cc(Oc2ccc(C#N)cc2S(=O)(=O)N2CCN(C(=O)c3ccc(Cl)cc3)CC2)c1. The van der Waals surface area contributed by atoms with Gasteiger partial charge in [0, 0.05) is 41.8 Å². The Morgan fingerprint density at radius 3 is 2.26 bits per heavy atom. The number of ether oxygens (including phenoxy) is 1. The summed E-state index contributed by atoms with van der Waals surface area (Å²) < 4.78 is 34.3. The zero-order chi connectivity index (χ0) is 25.2. The van der Waals surface area contributed by atoms with Crippen LogP contribution in [0.4, 0.5) is 0 Å². The molecule has 0 aromatic heterocycles. The zero-order valence-corrected chi connectivity index (χ0v) is 21.1. The number of rotatable bonds is 5. The van der Waals surface area contributed by atoms with E-state index in [9.17, 15) is 18.5 Å². The molecule has 0 radical (unpaired) electrons. The van der Waals surface area contributed by atoms with Gasteiger partial charge in [-0.05, 0) is 73.2 Å². The Morgan fingerprint density at radius 2 is 1.63 bits per heavy atom. The third kappa shape index (κ3) is 5.60. The number of halogens is 2. The van der Waals surface area contributed by atoms with Crippen molar-refractivity contribution in [2.45, 2.75) is 11.8 Å². The highest BCUT2D eigenvalue weighted by Gasteiger charge is 2.33. The number of sulfonamides is 1. The highest BCUT2D eigenvalue weighted by atomic mass is 35.5. The van der Waals surface area contributed by atoms with Gasteiger partial charge in [0.15, 0.2) is 0 Å². The van der Waals surface area contributed by atoms with Crippen LogP contribution in [-0.4, -0.2) is 49.7 Å². The number of carbonyl (C=O) groups is 1. The largest absolute Gasteiger partial charge is 0.456 e. The van der Waals surface area contributed by atoms with E-state index in [1.165, 1.54) is 22.5 Å². The third-order valence-electron chi connectivity index (χ3n) is 5.55. The van der Waals surface area contributed by atoms with Crippen LogP contribution in [0.25, 0.3) is 0 Å². The van der Waals surface area contributed by atoms with E-state index in [1.807, 2.05) is 13.0 Å². The molecule has 0 unspecified atom stereocenters. The molecule has 3 aromatic carbocycles. The Balaban J connectivity index is 1.57. The van der Waals surface area contributed by atoms with Crippen molar-refractivity contribution in [3.8, 4) is 17.6 Å². The topological polar surface area (TPSA) is 90.7 Å². The molecule has 0 bridgehead atoms. The lowest BCUT2D eigenvalue weighted by atomic mass is 10.2. The number of piperazine rings is 1. The molecule has 1 aliphatic rings. The molecule has 0 aliphatic carbocycles. The van der Waals surface area contributed by atoms with E-state index in [0.29, 0.717) is 21.4 Å². The zero-order valence-electron chi connectivity index (χ0n) is 18.7. The third-order valence-corrected chi connectivity index (χ3v) is 7.94. The summed E-state index contributed by atoms with van der Waals surface area (Å²) in [7, 11) is -4.02. The van der Waals surface area contributed by atoms with Crippen LogP contribution in [0.2, 0.25) is 10.0 Å². The summed E-state index contributed by atoms with van der Waals surface area (Å²) in [6, 6.07) is 17.9. The van der Waals surface area contributed by atoms with E-state index in [4.69, 9.17) is 27.9 Å². The Kier molecular flexibility index (Phi) is 7.33. The minimum absolute atomic E-state index is 0.0883. The maximum absolute atomic E-state index is 13.6. The fraction of sp³-hybridized carbons (Fsp3) is 0.200. The van der Waals surface area contributed by atoms with Gasteiger partial charge in [-0.15, -0.1) is 0 Å². The van der Waals surface area contributed by atoms with Crippen LogP contribution in [-0.2, 0) is 10.0 Å². The van der Waals surface area contributed by atoms with E-state index in [2.05, 4.69) is 0 Å². The molecule has 3 aromatic rings. The van der Waals surface area contributed by atoms with Gasteiger partial charge in [-0.3, -0.25) is 4.79 Å². The van der Waals surface area contributed by atoms with Crippen molar-refractivity contribution < 1.29 is 17.9 Å². The second-order valence-electron chi connectivity index (χ2n) is 8.04. The average Bonchev–Trinajstić information content (AvgIpc) is 2.83. The monoisotopic (exact) mass is 529 g/mol. The Labute approximate surface area is 214 Å². The molecular formula is C25H21Cl2N3O4S. The lowest BCUT2D eigenvalue weighted by Gasteiger charge is -2.34. The molecule has 1 heterocycles. The second kappa shape index (κ2) is 10.3. The van der Waals surface area contributed by atoms with E-state index in [-0.39, 0.29) is 48.3 Å². The lowest BCUT2D eigenvalue weighted by molar-refractivity contribution is 0.0698. The first-order valence-electron chi connectivity index (χ1n) is 10.7. The smallest absolute Gasteiger partial charge is 0.253 e. The van der Waals surface area contributed by atoms with Crippen molar-refractivity contribution in [2.75, 3.05) is 26.2 Å². The Morgan fingerprint density at radius 1 is 0.943 bits per heavy atom. The van der Waals surface area contributed by atoms with Crippen LogP contribution in [0.5, 0.6) is 11.5 Å². The first-order chi connectivity index (χ1) is 16.7. The summed E-state index contributed by atoms with van der Waals surface area (Å²) in [6.45, 7) is 2.51. The predicted molar refractivity (Wildman–Crippen MR) is 134 cm³/mol. The van der Waals surface area contributed by atoms with Gasteiger partial charge in [0.2, 0.25) is 10.0 Å². The Bertz CT molecular complexity index is 1390. The average molecular weight is 530 g/mol. The number of nitrogens with zero attached hydrogens (tertiary/aromatic N) is 3. The van der Waals surface area contributed by atoms with E-state index >= 15 is 0 Å². The van der Waals surface area contributed by atoms with Gasteiger partial charge in [-0.2, -0.15) is 9.57 Å². The van der Waals surface area contributed by atoms with Crippen molar-refractivity contribution in [1.82, 2.24) is 9.21 Å². The van der Waals surface area contributed by atoms with Crippen LogP contribution < -0.4 is 4.74 Å². The summed E-state index contributed by atoms with van der Waals surface area (Å²) in [5, 5.41) is 10.3. The molecule has 0 saturated carbocycles. The molecule has 1 fully saturated rings. The van der Waals surface area contributed by atoms with Crippen LogP contribution in [0.3, 0.4) is 0 Å². The maximum Gasteiger partial charge on any atom is 0.253 e. The van der Waals surface area contributed by atoms with E-state index in [0.717, 1.165) is 5.56 Å². The molecular weight excluding hydrogens is 509 g/mol. The molecule has 4 rings (SSSR count). The summed E-state index contributed by atoms with van der Waals surface area (Å²) in [5.41, 5.74) is 1.53. The number of benzene rings is 3. The Hall–Kier alpha value is -3.09. The van der Waals surface area contributed by atoms with Crippen molar-refractivity contribution in [3.63, 3.8) is 0 Å². The van der Waals surface area contributed by atoms with Crippen LogP contribution >= 0.6 is 23.2 Å². The number of hydrogen-bond donors (Lipinski definition) is 0. The van der Waals surface area contributed by atoms with Crippen LogP contribution in [0.1, 0.15) is 21.5 Å². The molecule has 0 atom stereocenters. The van der Waals surface area contributed by atoms with E-state index in [1.54, 1.807) is 47.4 Å². The molecule has 35 heavy (non-hydrogen) atoms. The van der Waals surface area contributed by atoms with Gasteiger partial charge in [0.1, 0.15) is 16.4 Å². The number of aryl methyl sites for hydroxylation is 1. The van der Waals surface area contributed by atoms with Crippen LogP contribution in [0, 0.1) is 18.3 Å². The predicted octanol–water partition coefficient (Wildman–Crippen LogP) is 5.11. The van der Waals surface area contributed by atoms with Gasteiger partial charge in [0.25, 0.3) is 5.91 Å². The molecule has 1 saturated heterocycles.